The Morgan fingerprint density at radius 2 is 2.40 bits per heavy atom. The van der Waals surface area contributed by atoms with Crippen molar-refractivity contribution in [2.45, 2.75) is 20.3 Å². The van der Waals surface area contributed by atoms with Crippen LogP contribution in [0.2, 0.25) is 0 Å². The average Bonchev–Trinajstić information content (AvgIpc) is 2.66. The van der Waals surface area contributed by atoms with E-state index in [-0.39, 0.29) is 5.41 Å². The van der Waals surface area contributed by atoms with Crippen LogP contribution in [0.4, 0.5) is 0 Å². The summed E-state index contributed by atoms with van der Waals surface area (Å²) in [6.45, 7) is 4.49. The van der Waals surface area contributed by atoms with Gasteiger partial charge in [-0.2, -0.15) is 0 Å². The lowest BCUT2D eigenvalue weighted by Crippen LogP contribution is -2.30. The highest BCUT2D eigenvalue weighted by Crippen LogP contribution is 2.47. The Hall–Kier alpha value is -0.710. The summed E-state index contributed by atoms with van der Waals surface area (Å²) in [4.78, 5) is 1.28. The van der Waals surface area contributed by atoms with Gasteiger partial charge in [-0.05, 0) is 24.3 Å². The molecule has 0 spiro atoms. The average molecular weight is 223 g/mol. The van der Waals surface area contributed by atoms with E-state index in [1.54, 1.807) is 16.5 Å². The lowest BCUT2D eigenvalue weighted by Gasteiger charge is -2.35. The first kappa shape index (κ1) is 10.8. The normalized spacial score (nSPS) is 35.4. The number of nitrogens with one attached hydrogen (secondary N) is 1. The van der Waals surface area contributed by atoms with Crippen LogP contribution in [-0.4, -0.2) is 4.52 Å². The Kier molecular flexibility index (Phi) is 2.91. The van der Waals surface area contributed by atoms with Gasteiger partial charge in [-0.3, -0.25) is 0 Å². The molecule has 3 N–H and O–H groups in total. The summed E-state index contributed by atoms with van der Waals surface area (Å²) >= 11 is 1.57. The molecule has 0 saturated carbocycles. The zero-order valence-electron chi connectivity index (χ0n) is 9.10. The maximum Gasteiger partial charge on any atom is 0.0312 e. The van der Waals surface area contributed by atoms with Crippen molar-refractivity contribution in [3.05, 3.63) is 35.4 Å². The van der Waals surface area contributed by atoms with E-state index in [1.807, 2.05) is 6.20 Å². The lowest BCUT2D eigenvalue weighted by atomic mass is 9.73. The molecule has 0 fully saturated rings. The van der Waals surface area contributed by atoms with Crippen molar-refractivity contribution in [1.29, 1.82) is 0 Å². The Labute approximate surface area is 95.2 Å². The molecule has 1 aliphatic heterocycles. The third-order valence-corrected chi connectivity index (χ3v) is 4.21. The summed E-state index contributed by atoms with van der Waals surface area (Å²) in [5, 5.41) is 0. The van der Waals surface area contributed by atoms with Gasteiger partial charge in [0, 0.05) is 16.5 Å². The molecule has 0 saturated heterocycles. The van der Waals surface area contributed by atoms with Crippen molar-refractivity contribution in [2.75, 3.05) is 0 Å². The third kappa shape index (κ3) is 1.85. The molecule has 2 atom stereocenters. The maximum absolute atomic E-state index is 5.67. The number of hydrogen-bond donors (Lipinski definition) is 2. The number of allylic oxidation sites excluding steroid dienone is 5. The van der Waals surface area contributed by atoms with E-state index in [0.717, 1.165) is 6.42 Å². The molecule has 0 radical (unpaired) electrons. The minimum absolute atomic E-state index is 0.0787. The Bertz CT molecular complexity index is 335. The van der Waals surface area contributed by atoms with Crippen molar-refractivity contribution < 1.29 is 0 Å². The fourth-order valence-corrected chi connectivity index (χ4v) is 2.98. The van der Waals surface area contributed by atoms with Crippen molar-refractivity contribution in [3.63, 3.8) is 0 Å². The van der Waals surface area contributed by atoms with Crippen molar-refractivity contribution in [3.8, 4) is 0 Å². The van der Waals surface area contributed by atoms with E-state index in [2.05, 4.69) is 43.6 Å². The van der Waals surface area contributed by atoms with E-state index in [9.17, 15) is 0 Å². The van der Waals surface area contributed by atoms with E-state index in [0.29, 0.717) is 5.92 Å². The van der Waals surface area contributed by atoms with Crippen molar-refractivity contribution >= 4 is 11.9 Å². The highest BCUT2D eigenvalue weighted by molar-refractivity contribution is 8.01. The smallest absolute Gasteiger partial charge is 0.0312 e. The molecule has 15 heavy (non-hydrogen) atoms. The number of hydrazine groups is 2. The molecule has 2 aliphatic rings. The molecule has 0 amide bonds. The summed E-state index contributed by atoms with van der Waals surface area (Å²) in [5.41, 5.74) is 3.07. The van der Waals surface area contributed by atoms with E-state index in [4.69, 9.17) is 5.84 Å². The monoisotopic (exact) mass is 223 g/mol. The van der Waals surface area contributed by atoms with Crippen LogP contribution >= 0.6 is 11.9 Å². The first-order valence-electron chi connectivity index (χ1n) is 5.22. The van der Waals surface area contributed by atoms with Crippen LogP contribution in [0.1, 0.15) is 20.3 Å². The predicted octanol–water partition coefficient (Wildman–Crippen LogP) is 2.33. The number of hydrogen-bond acceptors (Lipinski definition) is 4. The molecule has 0 aromatic rings. The summed E-state index contributed by atoms with van der Waals surface area (Å²) in [5.74, 6) is 6.22. The highest BCUT2D eigenvalue weighted by Gasteiger charge is 2.37. The molecule has 82 valence electrons. The van der Waals surface area contributed by atoms with Crippen LogP contribution in [0, 0.1) is 11.3 Å². The summed E-state index contributed by atoms with van der Waals surface area (Å²) in [6.07, 6.45) is 11.9. The quantitative estimate of drug-likeness (QED) is 0.557. The van der Waals surface area contributed by atoms with Crippen molar-refractivity contribution in [1.82, 2.24) is 9.95 Å². The van der Waals surface area contributed by atoms with Crippen LogP contribution in [0.15, 0.2) is 35.4 Å². The lowest BCUT2D eigenvalue weighted by molar-refractivity contribution is 0.372. The molecular formula is C11H17N3S. The van der Waals surface area contributed by atoms with Crippen LogP contribution in [0.25, 0.3) is 0 Å². The molecule has 2 unspecified atom stereocenters. The molecule has 0 bridgehead atoms. The van der Waals surface area contributed by atoms with Crippen LogP contribution in [0.3, 0.4) is 0 Å². The fraction of sp³-hybridized carbons (Fsp3) is 0.455. The molecule has 2 rings (SSSR count). The molecule has 3 nitrogen and oxygen atoms in total. The first-order valence-corrected chi connectivity index (χ1v) is 6.00. The van der Waals surface area contributed by atoms with Crippen LogP contribution in [-0.2, 0) is 0 Å². The van der Waals surface area contributed by atoms with E-state index >= 15 is 0 Å². The number of nitrogens with two attached hydrogens (primary N) is 1. The van der Waals surface area contributed by atoms with Gasteiger partial charge in [-0.1, -0.05) is 42.7 Å². The number of nitrogens with zero attached hydrogens (tertiary/aromatic N) is 1. The van der Waals surface area contributed by atoms with Crippen LogP contribution in [0.5, 0.6) is 0 Å². The zero-order chi connectivity index (χ0) is 10.9. The van der Waals surface area contributed by atoms with Gasteiger partial charge in [0.15, 0.2) is 0 Å². The molecule has 0 aromatic heterocycles. The van der Waals surface area contributed by atoms with Gasteiger partial charge < -0.3 is 5.43 Å². The Morgan fingerprint density at radius 1 is 1.60 bits per heavy atom. The Morgan fingerprint density at radius 3 is 3.00 bits per heavy atom. The molecule has 4 heteroatoms. The van der Waals surface area contributed by atoms with Gasteiger partial charge in [0.05, 0.1) is 0 Å². The van der Waals surface area contributed by atoms with Gasteiger partial charge in [0.1, 0.15) is 0 Å². The van der Waals surface area contributed by atoms with E-state index in [1.165, 1.54) is 4.91 Å². The van der Waals surface area contributed by atoms with E-state index < -0.39 is 0 Å². The molecule has 0 aromatic carbocycles. The highest BCUT2D eigenvalue weighted by atomic mass is 32.2. The zero-order valence-corrected chi connectivity index (χ0v) is 9.92. The topological polar surface area (TPSA) is 41.3 Å². The first-order chi connectivity index (χ1) is 7.16. The second-order valence-electron chi connectivity index (χ2n) is 4.10. The second kappa shape index (κ2) is 4.04. The predicted molar refractivity (Wildman–Crippen MR) is 65.0 cm³/mol. The third-order valence-electron chi connectivity index (χ3n) is 3.16. The van der Waals surface area contributed by atoms with Gasteiger partial charge in [-0.25, -0.2) is 5.84 Å². The van der Waals surface area contributed by atoms with Gasteiger partial charge in [0.25, 0.3) is 0 Å². The summed E-state index contributed by atoms with van der Waals surface area (Å²) in [6, 6.07) is 0. The standard InChI is InChI=1S/C11H17N3S/c1-3-9-6-4-5-7-11(9,2)10-8-13-14(12)15-10/h4-9,13H,3,12H2,1-2H3. The van der Waals surface area contributed by atoms with Crippen molar-refractivity contribution in [2.24, 2.45) is 17.2 Å². The van der Waals surface area contributed by atoms with Crippen LogP contribution < -0.4 is 11.3 Å². The second-order valence-corrected chi connectivity index (χ2v) is 5.11. The minimum atomic E-state index is 0.0787. The van der Waals surface area contributed by atoms with Gasteiger partial charge in [-0.15, -0.1) is 0 Å². The van der Waals surface area contributed by atoms with Gasteiger partial charge >= 0.3 is 0 Å². The fourth-order valence-electron chi connectivity index (χ4n) is 2.14. The summed E-state index contributed by atoms with van der Waals surface area (Å²) < 4.78 is 1.54. The minimum Gasteiger partial charge on any atom is -0.302 e. The number of rotatable bonds is 2. The van der Waals surface area contributed by atoms with Gasteiger partial charge in [0.2, 0.25) is 0 Å². The molecule has 1 heterocycles. The summed E-state index contributed by atoms with van der Waals surface area (Å²) in [7, 11) is 0. The largest absolute Gasteiger partial charge is 0.302 e. The SMILES string of the molecule is CCC1C=CC=CC1(C)C1=CNN(N)S1. The molecule has 1 aliphatic carbocycles. The molecular weight excluding hydrogens is 206 g/mol. The maximum atomic E-state index is 5.67. The Balaban J connectivity index is 2.25.